The summed E-state index contributed by atoms with van der Waals surface area (Å²) in [5.41, 5.74) is 0.257. The van der Waals surface area contributed by atoms with Gasteiger partial charge in [-0.3, -0.25) is 14.4 Å². The zero-order valence-electron chi connectivity index (χ0n) is 26.1. The maximum absolute atomic E-state index is 13.9. The van der Waals surface area contributed by atoms with Gasteiger partial charge in [0.2, 0.25) is 5.91 Å². The molecule has 5 saturated carbocycles. The normalized spacial score (nSPS) is 47.1. The van der Waals surface area contributed by atoms with Crippen LogP contribution in [0.1, 0.15) is 119 Å². The van der Waals surface area contributed by atoms with Crippen molar-refractivity contribution in [2.24, 2.45) is 62.1 Å². The summed E-state index contributed by atoms with van der Waals surface area (Å²) < 4.78 is 0. The van der Waals surface area contributed by atoms with Gasteiger partial charge in [0, 0.05) is 12.0 Å². The molecule has 6 aliphatic carbocycles. The highest BCUT2D eigenvalue weighted by Crippen LogP contribution is 2.75. The third-order valence-electron chi connectivity index (χ3n) is 14.4. The van der Waals surface area contributed by atoms with Crippen LogP contribution in [0.4, 0.5) is 0 Å². The highest BCUT2D eigenvalue weighted by atomic mass is 16.4. The molecule has 5 heteroatoms. The first-order valence-electron chi connectivity index (χ1n) is 16.3. The second-order valence-corrected chi connectivity index (χ2v) is 17.2. The van der Waals surface area contributed by atoms with Crippen molar-refractivity contribution in [2.75, 3.05) is 6.54 Å². The molecular formula is C35H53NO4. The minimum atomic E-state index is -0.630. The molecule has 5 nitrogen and oxygen atoms in total. The minimum absolute atomic E-state index is 0.0140. The Bertz CT molecular complexity index is 1160. The van der Waals surface area contributed by atoms with E-state index in [1.165, 1.54) is 18.4 Å². The third-order valence-corrected chi connectivity index (χ3v) is 14.4. The zero-order chi connectivity index (χ0) is 29.1. The summed E-state index contributed by atoms with van der Waals surface area (Å²) in [6, 6.07) is 0. The van der Waals surface area contributed by atoms with E-state index in [9.17, 15) is 19.5 Å². The molecular weight excluding hydrogens is 498 g/mol. The number of carbonyl (C=O) groups is 3. The Balaban J connectivity index is 1.39. The SMILES string of the molecule is CC1(C)CC[C@]2(C(=O)O)CC[C@]3(C)C(=CCC4[C@@]5(C)CC(C(=O)NCC6CC6)C(=O)C(C)(C)C5CC[C@]43C)C2C1. The number of rotatable bonds is 4. The van der Waals surface area contributed by atoms with Gasteiger partial charge in [0.15, 0.2) is 5.78 Å². The van der Waals surface area contributed by atoms with Crippen molar-refractivity contribution in [2.45, 2.75) is 119 Å². The van der Waals surface area contributed by atoms with Gasteiger partial charge in [-0.15, -0.1) is 0 Å². The van der Waals surface area contributed by atoms with E-state index in [2.05, 4.69) is 59.9 Å². The average Bonchev–Trinajstić information content (AvgIpc) is 3.69. The van der Waals surface area contributed by atoms with Crippen LogP contribution in [0.25, 0.3) is 0 Å². The standard InChI is InChI=1S/C35H53NO4/c1-30(2)14-16-35(29(39)40)17-15-33(6)23(24(35)19-30)10-11-26-32(5)18-22(28(38)36-20-21-8-9-21)27(37)31(3,4)25(32)12-13-34(26,33)7/h10,21-22,24-26H,8-9,11-20H2,1-7H3,(H,36,38)(H,39,40)/t22?,24?,25?,26?,32-,33+,34+,35-/m0/s1. The number of aliphatic carboxylic acids is 1. The fraction of sp³-hybridized carbons (Fsp3) is 0.857. The van der Waals surface area contributed by atoms with E-state index < -0.39 is 22.7 Å². The van der Waals surface area contributed by atoms with Crippen LogP contribution >= 0.6 is 0 Å². The van der Waals surface area contributed by atoms with E-state index >= 15 is 0 Å². The van der Waals surface area contributed by atoms with E-state index in [4.69, 9.17) is 0 Å². The predicted octanol–water partition coefficient (Wildman–Crippen LogP) is 7.19. The molecule has 222 valence electrons. The molecule has 6 rings (SSSR count). The van der Waals surface area contributed by atoms with Crippen molar-refractivity contribution < 1.29 is 19.5 Å². The van der Waals surface area contributed by atoms with Gasteiger partial charge < -0.3 is 10.4 Å². The first kappa shape index (κ1) is 28.5. The molecule has 0 aromatic carbocycles. The largest absolute Gasteiger partial charge is 0.481 e. The van der Waals surface area contributed by atoms with Crippen LogP contribution in [-0.2, 0) is 14.4 Å². The molecule has 0 radical (unpaired) electrons. The molecule has 0 aliphatic heterocycles. The number of fused-ring (bicyclic) bond motifs is 7. The van der Waals surface area contributed by atoms with Gasteiger partial charge in [0.05, 0.1) is 11.3 Å². The van der Waals surface area contributed by atoms with Gasteiger partial charge in [0.25, 0.3) is 0 Å². The zero-order valence-corrected chi connectivity index (χ0v) is 26.1. The Kier molecular flexibility index (Phi) is 6.19. The minimum Gasteiger partial charge on any atom is -0.481 e. The van der Waals surface area contributed by atoms with E-state index in [0.29, 0.717) is 24.8 Å². The van der Waals surface area contributed by atoms with Crippen molar-refractivity contribution in [1.82, 2.24) is 5.32 Å². The number of Topliss-reactive ketones (excluding diaryl/α,β-unsaturated/α-hetero) is 1. The molecule has 40 heavy (non-hydrogen) atoms. The number of hydrogen-bond acceptors (Lipinski definition) is 3. The molecule has 0 bridgehead atoms. The van der Waals surface area contributed by atoms with Crippen molar-refractivity contribution in [3.05, 3.63) is 11.6 Å². The summed E-state index contributed by atoms with van der Waals surface area (Å²) in [5, 5.41) is 13.8. The molecule has 0 aromatic heterocycles. The highest BCUT2D eigenvalue weighted by Gasteiger charge is 2.70. The number of amides is 1. The van der Waals surface area contributed by atoms with E-state index in [0.717, 1.165) is 51.4 Å². The van der Waals surface area contributed by atoms with Crippen LogP contribution in [0.15, 0.2) is 11.6 Å². The summed E-state index contributed by atoms with van der Waals surface area (Å²) in [6.07, 6.45) is 12.9. The first-order valence-corrected chi connectivity index (χ1v) is 16.3. The highest BCUT2D eigenvalue weighted by molar-refractivity contribution is 6.04. The maximum Gasteiger partial charge on any atom is 0.310 e. The van der Waals surface area contributed by atoms with Gasteiger partial charge in [-0.2, -0.15) is 0 Å². The van der Waals surface area contributed by atoms with Gasteiger partial charge in [-0.25, -0.2) is 0 Å². The molecule has 5 fully saturated rings. The van der Waals surface area contributed by atoms with Gasteiger partial charge in [0.1, 0.15) is 0 Å². The number of ketones is 1. The first-order chi connectivity index (χ1) is 18.5. The van der Waals surface area contributed by atoms with Crippen molar-refractivity contribution >= 4 is 17.7 Å². The molecule has 0 saturated heterocycles. The van der Waals surface area contributed by atoms with Crippen LogP contribution in [-0.4, -0.2) is 29.3 Å². The summed E-state index contributed by atoms with van der Waals surface area (Å²) in [5.74, 6) is 0.238. The van der Waals surface area contributed by atoms with Crippen LogP contribution in [0.3, 0.4) is 0 Å². The summed E-state index contributed by atoms with van der Waals surface area (Å²) in [6.45, 7) is 16.9. The molecule has 8 atom stereocenters. The van der Waals surface area contributed by atoms with Crippen LogP contribution in [0.5, 0.6) is 0 Å². The second-order valence-electron chi connectivity index (χ2n) is 17.2. The lowest BCUT2D eigenvalue weighted by Crippen LogP contribution is -2.66. The number of hydrogen-bond donors (Lipinski definition) is 2. The number of allylic oxidation sites excluding steroid dienone is 2. The molecule has 6 aliphatic rings. The average molecular weight is 552 g/mol. The lowest BCUT2D eigenvalue weighted by Gasteiger charge is -2.70. The van der Waals surface area contributed by atoms with Gasteiger partial charge >= 0.3 is 5.97 Å². The Hall–Kier alpha value is -1.65. The Morgan fingerprint density at radius 2 is 1.57 bits per heavy atom. The van der Waals surface area contributed by atoms with Gasteiger partial charge in [-0.05, 0) is 116 Å². The summed E-state index contributed by atoms with van der Waals surface area (Å²) in [4.78, 5) is 40.3. The molecule has 0 spiro atoms. The van der Waals surface area contributed by atoms with Crippen molar-refractivity contribution in [3.8, 4) is 0 Å². The Labute approximate surface area is 241 Å². The quantitative estimate of drug-likeness (QED) is 0.286. The van der Waals surface area contributed by atoms with Crippen molar-refractivity contribution in [3.63, 3.8) is 0 Å². The number of carboxylic acid groups (broad SMARTS) is 1. The number of carboxylic acids is 1. The topological polar surface area (TPSA) is 83.5 Å². The van der Waals surface area contributed by atoms with Gasteiger partial charge in [-0.1, -0.05) is 60.1 Å². The third kappa shape index (κ3) is 3.73. The molecule has 4 unspecified atom stereocenters. The number of nitrogens with one attached hydrogen (secondary N) is 1. The molecule has 1 amide bonds. The predicted molar refractivity (Wildman–Crippen MR) is 156 cm³/mol. The van der Waals surface area contributed by atoms with E-state index in [1.807, 2.05) is 0 Å². The molecule has 0 aromatic rings. The summed E-state index contributed by atoms with van der Waals surface area (Å²) >= 11 is 0. The van der Waals surface area contributed by atoms with Crippen LogP contribution in [0, 0.1) is 62.1 Å². The van der Waals surface area contributed by atoms with Crippen molar-refractivity contribution in [1.29, 1.82) is 0 Å². The van der Waals surface area contributed by atoms with E-state index in [-0.39, 0.29) is 45.2 Å². The fourth-order valence-electron chi connectivity index (χ4n) is 11.5. The summed E-state index contributed by atoms with van der Waals surface area (Å²) in [7, 11) is 0. The molecule has 0 heterocycles. The molecule has 2 N–H and O–H groups in total. The van der Waals surface area contributed by atoms with Crippen LogP contribution in [0.2, 0.25) is 0 Å². The smallest absolute Gasteiger partial charge is 0.310 e. The monoisotopic (exact) mass is 551 g/mol. The Morgan fingerprint density at radius 3 is 2.23 bits per heavy atom. The van der Waals surface area contributed by atoms with E-state index in [1.54, 1.807) is 0 Å². The Morgan fingerprint density at radius 1 is 0.900 bits per heavy atom. The fourth-order valence-corrected chi connectivity index (χ4v) is 11.5. The lowest BCUT2D eigenvalue weighted by molar-refractivity contribution is -0.195. The number of carbonyl (C=O) groups excluding carboxylic acids is 2. The maximum atomic E-state index is 13.9. The lowest BCUT2D eigenvalue weighted by atomic mass is 9.33. The van der Waals surface area contributed by atoms with Crippen LogP contribution < -0.4 is 5.32 Å². The second kappa shape index (κ2) is 8.69.